The van der Waals surface area contributed by atoms with Crippen molar-refractivity contribution in [3.8, 4) is 0 Å². The van der Waals surface area contributed by atoms with Crippen LogP contribution in [0, 0.1) is 18.8 Å². The number of urea groups is 1. The van der Waals surface area contributed by atoms with Gasteiger partial charge in [-0.15, -0.1) is 0 Å². The molecule has 2 amide bonds. The van der Waals surface area contributed by atoms with E-state index in [0.717, 1.165) is 11.1 Å². The number of carboxylic acids is 1. The number of hydrogen-bond acceptors (Lipinski definition) is 2. The Balaban J connectivity index is 2.49. The van der Waals surface area contributed by atoms with E-state index in [2.05, 4.69) is 10.6 Å². The first-order valence-electron chi connectivity index (χ1n) is 7.15. The number of aryl methyl sites for hydroxylation is 1. The Morgan fingerprint density at radius 3 is 2.19 bits per heavy atom. The van der Waals surface area contributed by atoms with Gasteiger partial charge in [0.25, 0.3) is 0 Å². The Kier molecular flexibility index (Phi) is 6.21. The van der Waals surface area contributed by atoms with Gasteiger partial charge in [0.2, 0.25) is 0 Å². The molecular weight excluding hydrogens is 268 g/mol. The summed E-state index contributed by atoms with van der Waals surface area (Å²) in [6.45, 7) is 7.67. The fraction of sp³-hybridized carbons (Fsp3) is 0.500. The second-order valence-electron chi connectivity index (χ2n) is 5.68. The van der Waals surface area contributed by atoms with Gasteiger partial charge in [-0.3, -0.25) is 4.79 Å². The summed E-state index contributed by atoms with van der Waals surface area (Å²) in [5.74, 6) is -1.50. The first-order chi connectivity index (χ1) is 9.81. The first-order valence-corrected chi connectivity index (χ1v) is 7.15. The number of carboxylic acid groups (broad SMARTS) is 1. The van der Waals surface area contributed by atoms with Crippen LogP contribution in [0.1, 0.15) is 37.9 Å². The summed E-state index contributed by atoms with van der Waals surface area (Å²) >= 11 is 0. The highest BCUT2D eigenvalue weighted by Gasteiger charge is 2.22. The highest BCUT2D eigenvalue weighted by Crippen LogP contribution is 2.13. The van der Waals surface area contributed by atoms with Crippen molar-refractivity contribution in [2.24, 2.45) is 11.8 Å². The van der Waals surface area contributed by atoms with E-state index in [-0.39, 0.29) is 24.5 Å². The number of benzene rings is 1. The van der Waals surface area contributed by atoms with Gasteiger partial charge in [0.15, 0.2) is 0 Å². The van der Waals surface area contributed by atoms with Crippen LogP contribution in [0.25, 0.3) is 0 Å². The number of carbonyl (C=O) groups is 2. The van der Waals surface area contributed by atoms with Gasteiger partial charge in [0.1, 0.15) is 0 Å². The lowest BCUT2D eigenvalue weighted by atomic mass is 9.96. The predicted octanol–water partition coefficient (Wildman–Crippen LogP) is 2.71. The van der Waals surface area contributed by atoms with E-state index in [4.69, 9.17) is 5.11 Å². The zero-order valence-electron chi connectivity index (χ0n) is 13.0. The predicted molar refractivity (Wildman–Crippen MR) is 82.1 cm³/mol. The van der Waals surface area contributed by atoms with Crippen LogP contribution in [-0.2, 0) is 4.79 Å². The van der Waals surface area contributed by atoms with Crippen LogP contribution in [0.2, 0.25) is 0 Å². The molecule has 1 aromatic carbocycles. The number of aliphatic carboxylic acids is 1. The fourth-order valence-electron chi connectivity index (χ4n) is 2.00. The molecule has 116 valence electrons. The lowest BCUT2D eigenvalue weighted by molar-refractivity contribution is -0.142. The third-order valence-electron chi connectivity index (χ3n) is 3.53. The average Bonchev–Trinajstić information content (AvgIpc) is 2.38. The Morgan fingerprint density at radius 2 is 1.71 bits per heavy atom. The van der Waals surface area contributed by atoms with Gasteiger partial charge in [-0.1, -0.05) is 43.7 Å². The standard InChI is InChI=1S/C16H24N2O3/c1-10(2)14(15(19)20)9-17-16(21)18-12(4)13-7-5-11(3)6-8-13/h5-8,10,12,14H,9H2,1-4H3,(H,19,20)(H2,17,18,21). The molecule has 5 heteroatoms. The molecule has 3 N–H and O–H groups in total. The van der Waals surface area contributed by atoms with Crippen molar-refractivity contribution in [1.29, 1.82) is 0 Å². The van der Waals surface area contributed by atoms with Crippen LogP contribution in [0.5, 0.6) is 0 Å². The van der Waals surface area contributed by atoms with Gasteiger partial charge in [-0.05, 0) is 25.3 Å². The number of carbonyl (C=O) groups excluding carboxylic acids is 1. The van der Waals surface area contributed by atoms with Crippen LogP contribution < -0.4 is 10.6 Å². The lowest BCUT2D eigenvalue weighted by Gasteiger charge is -2.19. The monoisotopic (exact) mass is 292 g/mol. The first kappa shape index (κ1) is 17.0. The lowest BCUT2D eigenvalue weighted by Crippen LogP contribution is -2.42. The summed E-state index contributed by atoms with van der Waals surface area (Å²) < 4.78 is 0. The third-order valence-corrected chi connectivity index (χ3v) is 3.53. The van der Waals surface area contributed by atoms with Crippen LogP contribution in [0.3, 0.4) is 0 Å². The molecule has 0 saturated heterocycles. The fourth-order valence-corrected chi connectivity index (χ4v) is 2.00. The molecule has 0 aliphatic heterocycles. The maximum Gasteiger partial charge on any atom is 0.315 e. The molecule has 2 unspecified atom stereocenters. The van der Waals surface area contributed by atoms with Crippen LogP contribution in [0.15, 0.2) is 24.3 Å². The maximum absolute atomic E-state index is 11.8. The molecule has 0 spiro atoms. The second kappa shape index (κ2) is 7.67. The third kappa shape index (κ3) is 5.45. The molecule has 2 atom stereocenters. The summed E-state index contributed by atoms with van der Waals surface area (Å²) in [4.78, 5) is 22.9. The van der Waals surface area contributed by atoms with Crippen molar-refractivity contribution >= 4 is 12.0 Å². The van der Waals surface area contributed by atoms with Crippen molar-refractivity contribution in [3.63, 3.8) is 0 Å². The second-order valence-corrected chi connectivity index (χ2v) is 5.68. The van der Waals surface area contributed by atoms with E-state index in [9.17, 15) is 9.59 Å². The van der Waals surface area contributed by atoms with Gasteiger partial charge in [-0.25, -0.2) is 4.79 Å². The smallest absolute Gasteiger partial charge is 0.315 e. The Hall–Kier alpha value is -2.04. The summed E-state index contributed by atoms with van der Waals surface area (Å²) in [6, 6.07) is 7.43. The average molecular weight is 292 g/mol. The molecule has 0 heterocycles. The summed E-state index contributed by atoms with van der Waals surface area (Å²) in [7, 11) is 0. The number of nitrogens with one attached hydrogen (secondary N) is 2. The zero-order chi connectivity index (χ0) is 16.0. The highest BCUT2D eigenvalue weighted by atomic mass is 16.4. The van der Waals surface area contributed by atoms with Crippen molar-refractivity contribution < 1.29 is 14.7 Å². The maximum atomic E-state index is 11.8. The number of rotatable bonds is 6. The quantitative estimate of drug-likeness (QED) is 0.754. The SMILES string of the molecule is Cc1ccc(C(C)NC(=O)NCC(C(=O)O)C(C)C)cc1. The molecule has 0 aliphatic carbocycles. The van der Waals surface area contributed by atoms with Crippen molar-refractivity contribution in [1.82, 2.24) is 10.6 Å². The van der Waals surface area contributed by atoms with Crippen LogP contribution in [-0.4, -0.2) is 23.7 Å². The summed E-state index contributed by atoms with van der Waals surface area (Å²) in [5, 5.41) is 14.5. The van der Waals surface area contributed by atoms with Crippen molar-refractivity contribution in [2.75, 3.05) is 6.54 Å². The van der Waals surface area contributed by atoms with E-state index in [1.807, 2.05) is 52.0 Å². The zero-order valence-corrected chi connectivity index (χ0v) is 13.0. The topological polar surface area (TPSA) is 78.4 Å². The normalized spacial score (nSPS) is 13.6. The van der Waals surface area contributed by atoms with E-state index in [1.54, 1.807) is 0 Å². The van der Waals surface area contributed by atoms with Crippen LogP contribution in [0.4, 0.5) is 4.79 Å². The molecule has 0 aliphatic rings. The van der Waals surface area contributed by atoms with Gasteiger partial charge in [0.05, 0.1) is 12.0 Å². The summed E-state index contributed by atoms with van der Waals surface area (Å²) in [6.07, 6.45) is 0. The van der Waals surface area contributed by atoms with E-state index in [0.29, 0.717) is 0 Å². The van der Waals surface area contributed by atoms with Gasteiger partial charge in [-0.2, -0.15) is 0 Å². The minimum atomic E-state index is -0.892. The number of amides is 2. The molecule has 5 nitrogen and oxygen atoms in total. The van der Waals surface area contributed by atoms with E-state index >= 15 is 0 Å². The molecular formula is C16H24N2O3. The molecule has 1 rings (SSSR count). The van der Waals surface area contributed by atoms with Gasteiger partial charge < -0.3 is 15.7 Å². The highest BCUT2D eigenvalue weighted by molar-refractivity contribution is 5.76. The Morgan fingerprint density at radius 1 is 1.14 bits per heavy atom. The van der Waals surface area contributed by atoms with Crippen molar-refractivity contribution in [2.45, 2.75) is 33.7 Å². The Labute approximate surface area is 125 Å². The Bertz CT molecular complexity index is 483. The molecule has 0 fully saturated rings. The van der Waals surface area contributed by atoms with Gasteiger partial charge in [0, 0.05) is 6.54 Å². The minimum Gasteiger partial charge on any atom is -0.481 e. The summed E-state index contributed by atoms with van der Waals surface area (Å²) in [5.41, 5.74) is 2.17. The molecule has 1 aromatic rings. The number of hydrogen-bond donors (Lipinski definition) is 3. The largest absolute Gasteiger partial charge is 0.481 e. The van der Waals surface area contributed by atoms with Gasteiger partial charge >= 0.3 is 12.0 Å². The van der Waals surface area contributed by atoms with Crippen LogP contribution >= 0.6 is 0 Å². The molecule has 0 radical (unpaired) electrons. The van der Waals surface area contributed by atoms with E-state index in [1.165, 1.54) is 0 Å². The van der Waals surface area contributed by atoms with Crippen molar-refractivity contribution in [3.05, 3.63) is 35.4 Å². The molecule has 21 heavy (non-hydrogen) atoms. The van der Waals surface area contributed by atoms with E-state index < -0.39 is 11.9 Å². The molecule has 0 saturated carbocycles. The molecule has 0 aromatic heterocycles. The molecule has 0 bridgehead atoms. The minimum absolute atomic E-state index is 0.0303.